The molecule has 144 valence electrons. The molecule has 1 aliphatic rings. The molecule has 2 aromatic heterocycles. The Hall–Kier alpha value is -3.13. The Balaban J connectivity index is 1.48. The van der Waals surface area contributed by atoms with E-state index in [1.807, 2.05) is 31.2 Å². The molecule has 0 unspecified atom stereocenters. The van der Waals surface area contributed by atoms with Crippen LogP contribution in [0.4, 0.5) is 22.2 Å². The molecule has 1 fully saturated rings. The number of urea groups is 1. The first-order chi connectivity index (χ1) is 13.5. The van der Waals surface area contributed by atoms with E-state index in [1.54, 1.807) is 17.0 Å². The lowest BCUT2D eigenvalue weighted by atomic mass is 10.2. The molecule has 0 aliphatic carbocycles. The van der Waals surface area contributed by atoms with Gasteiger partial charge in [-0.1, -0.05) is 23.7 Å². The van der Waals surface area contributed by atoms with E-state index in [4.69, 9.17) is 17.3 Å². The lowest BCUT2D eigenvalue weighted by Crippen LogP contribution is -2.50. The van der Waals surface area contributed by atoms with Gasteiger partial charge >= 0.3 is 6.03 Å². The van der Waals surface area contributed by atoms with E-state index < -0.39 is 0 Å². The van der Waals surface area contributed by atoms with Crippen molar-refractivity contribution in [3.63, 3.8) is 0 Å². The normalized spacial score (nSPS) is 14.4. The van der Waals surface area contributed by atoms with Crippen LogP contribution in [-0.2, 0) is 0 Å². The second-order valence-corrected chi connectivity index (χ2v) is 7.07. The monoisotopic (exact) mass is 397 g/mol. The van der Waals surface area contributed by atoms with E-state index in [9.17, 15) is 4.79 Å². The fourth-order valence-corrected chi connectivity index (χ4v) is 3.41. The number of piperazine rings is 1. The van der Waals surface area contributed by atoms with Crippen LogP contribution in [0, 0.1) is 6.92 Å². The number of carbonyl (C=O) groups is 1. The molecule has 0 radical (unpaired) electrons. The number of nitrogens with zero attached hydrogens (tertiary/aromatic N) is 5. The average molecular weight is 398 g/mol. The molecule has 28 heavy (non-hydrogen) atoms. The number of nitrogens with two attached hydrogens (primary N) is 1. The molecule has 0 bridgehead atoms. The highest BCUT2D eigenvalue weighted by molar-refractivity contribution is 6.29. The molecule has 3 heterocycles. The zero-order valence-corrected chi connectivity index (χ0v) is 16.1. The van der Waals surface area contributed by atoms with E-state index in [2.05, 4.69) is 25.2 Å². The van der Waals surface area contributed by atoms with Crippen LogP contribution < -0.4 is 16.0 Å². The van der Waals surface area contributed by atoms with Crippen molar-refractivity contribution in [3.8, 4) is 0 Å². The van der Waals surface area contributed by atoms with Crippen molar-refractivity contribution in [1.29, 1.82) is 0 Å². The summed E-state index contributed by atoms with van der Waals surface area (Å²) in [6.07, 6.45) is 0. The Labute approximate surface area is 167 Å². The summed E-state index contributed by atoms with van der Waals surface area (Å²) in [6, 6.07) is 11.1. The van der Waals surface area contributed by atoms with Crippen molar-refractivity contribution in [2.45, 2.75) is 6.92 Å². The van der Waals surface area contributed by atoms with Crippen molar-refractivity contribution >= 4 is 46.1 Å². The van der Waals surface area contributed by atoms with Gasteiger partial charge in [0.15, 0.2) is 5.82 Å². The number of carbonyl (C=O) groups excluding carboxylic acids is 1. The van der Waals surface area contributed by atoms with Gasteiger partial charge < -0.3 is 20.9 Å². The molecular formula is C19H20ClN7O. The number of rotatable bonds is 2. The van der Waals surface area contributed by atoms with Gasteiger partial charge in [0.1, 0.15) is 10.7 Å². The van der Waals surface area contributed by atoms with Gasteiger partial charge in [-0.05, 0) is 36.8 Å². The molecule has 2 amide bonds. The summed E-state index contributed by atoms with van der Waals surface area (Å²) < 4.78 is 0. The molecule has 9 heteroatoms. The first kappa shape index (κ1) is 18.2. The first-order valence-electron chi connectivity index (χ1n) is 8.97. The third-order valence-corrected chi connectivity index (χ3v) is 4.85. The lowest BCUT2D eigenvalue weighted by molar-refractivity contribution is 0.208. The quantitative estimate of drug-likeness (QED) is 0.645. The third-order valence-electron chi connectivity index (χ3n) is 4.64. The lowest BCUT2D eigenvalue weighted by Gasteiger charge is -2.35. The van der Waals surface area contributed by atoms with E-state index in [1.165, 1.54) is 0 Å². The highest BCUT2D eigenvalue weighted by Crippen LogP contribution is 2.25. The maximum absolute atomic E-state index is 12.6. The van der Waals surface area contributed by atoms with Gasteiger partial charge in [-0.2, -0.15) is 4.98 Å². The third kappa shape index (κ3) is 3.77. The van der Waals surface area contributed by atoms with E-state index >= 15 is 0 Å². The van der Waals surface area contributed by atoms with Gasteiger partial charge in [-0.25, -0.2) is 14.8 Å². The Bertz CT molecular complexity index is 1030. The molecule has 3 aromatic rings. The van der Waals surface area contributed by atoms with E-state index in [0.29, 0.717) is 48.2 Å². The van der Waals surface area contributed by atoms with Crippen LogP contribution in [0.5, 0.6) is 0 Å². The Morgan fingerprint density at radius 3 is 2.64 bits per heavy atom. The summed E-state index contributed by atoms with van der Waals surface area (Å²) in [5.41, 5.74) is 9.01. The molecular weight excluding hydrogens is 378 g/mol. The maximum Gasteiger partial charge on any atom is 0.321 e. The number of benzene rings is 1. The summed E-state index contributed by atoms with van der Waals surface area (Å²) in [7, 11) is 0. The second-order valence-electron chi connectivity index (χ2n) is 6.68. The van der Waals surface area contributed by atoms with Crippen LogP contribution in [0.2, 0.25) is 5.15 Å². The SMILES string of the molecule is Cc1cccc(NC(=O)N2CCN(c3nc(N)nc4ccc(Cl)nc34)CC2)c1. The number of aryl methyl sites for hydroxylation is 1. The van der Waals surface area contributed by atoms with Crippen LogP contribution in [0.1, 0.15) is 5.56 Å². The average Bonchev–Trinajstić information content (AvgIpc) is 2.68. The predicted molar refractivity (Wildman–Crippen MR) is 111 cm³/mol. The molecule has 0 saturated carbocycles. The topological polar surface area (TPSA) is 100 Å². The number of nitrogen functional groups attached to an aromatic ring is 1. The van der Waals surface area contributed by atoms with Crippen LogP contribution in [0.25, 0.3) is 11.0 Å². The van der Waals surface area contributed by atoms with Gasteiger partial charge in [0.2, 0.25) is 5.95 Å². The minimum absolute atomic E-state index is 0.113. The molecule has 1 aliphatic heterocycles. The van der Waals surface area contributed by atoms with Gasteiger partial charge in [-0.15, -0.1) is 0 Å². The Morgan fingerprint density at radius 2 is 1.89 bits per heavy atom. The van der Waals surface area contributed by atoms with Crippen LogP contribution in [0.3, 0.4) is 0 Å². The molecule has 8 nitrogen and oxygen atoms in total. The van der Waals surface area contributed by atoms with Crippen molar-refractivity contribution in [2.24, 2.45) is 0 Å². The summed E-state index contributed by atoms with van der Waals surface area (Å²) in [5.74, 6) is 0.829. The van der Waals surface area contributed by atoms with Crippen LogP contribution >= 0.6 is 11.6 Å². The molecule has 1 saturated heterocycles. The number of halogens is 1. The predicted octanol–water partition coefficient (Wildman–Crippen LogP) is 2.92. The van der Waals surface area contributed by atoms with Gasteiger partial charge in [-0.3, -0.25) is 0 Å². The fraction of sp³-hybridized carbons (Fsp3) is 0.263. The van der Waals surface area contributed by atoms with Crippen molar-refractivity contribution < 1.29 is 4.79 Å². The second kappa shape index (κ2) is 7.47. The zero-order valence-electron chi connectivity index (χ0n) is 15.4. The van der Waals surface area contributed by atoms with Crippen molar-refractivity contribution in [3.05, 3.63) is 47.1 Å². The highest BCUT2D eigenvalue weighted by atomic mass is 35.5. The molecule has 1 aromatic carbocycles. The zero-order chi connectivity index (χ0) is 19.7. The number of fused-ring (bicyclic) bond motifs is 1. The number of amides is 2. The van der Waals surface area contributed by atoms with E-state index in [0.717, 1.165) is 11.3 Å². The maximum atomic E-state index is 12.6. The van der Waals surface area contributed by atoms with Crippen LogP contribution in [0.15, 0.2) is 36.4 Å². The van der Waals surface area contributed by atoms with Crippen molar-refractivity contribution in [2.75, 3.05) is 42.1 Å². The molecule has 3 N–H and O–H groups in total. The number of hydrogen-bond donors (Lipinski definition) is 2. The summed E-state index contributed by atoms with van der Waals surface area (Å²) in [4.78, 5) is 29.3. The molecule has 0 atom stereocenters. The summed E-state index contributed by atoms with van der Waals surface area (Å²) in [6.45, 7) is 4.33. The Kier molecular flexibility index (Phi) is 4.87. The smallest absolute Gasteiger partial charge is 0.321 e. The fourth-order valence-electron chi connectivity index (χ4n) is 3.26. The largest absolute Gasteiger partial charge is 0.368 e. The number of pyridine rings is 1. The van der Waals surface area contributed by atoms with E-state index in [-0.39, 0.29) is 12.0 Å². The number of nitrogens with one attached hydrogen (secondary N) is 1. The molecule has 4 rings (SSSR count). The minimum Gasteiger partial charge on any atom is -0.368 e. The van der Waals surface area contributed by atoms with Crippen molar-refractivity contribution in [1.82, 2.24) is 19.9 Å². The standard InChI is InChI=1S/C19H20ClN7O/c1-12-3-2-4-13(11-12)22-19(28)27-9-7-26(8-10-27)17-16-14(23-18(21)25-17)5-6-15(20)24-16/h2-6,11H,7-10H2,1H3,(H,22,28)(H2,21,23,25). The van der Waals surface area contributed by atoms with Crippen LogP contribution in [-0.4, -0.2) is 52.1 Å². The number of hydrogen-bond acceptors (Lipinski definition) is 6. The summed E-state index contributed by atoms with van der Waals surface area (Å²) in [5, 5.41) is 3.32. The number of anilines is 3. The van der Waals surface area contributed by atoms with Gasteiger partial charge in [0.05, 0.1) is 5.52 Å². The summed E-state index contributed by atoms with van der Waals surface area (Å²) >= 11 is 6.04. The Morgan fingerprint density at radius 1 is 1.11 bits per heavy atom. The van der Waals surface area contributed by atoms with Gasteiger partial charge in [0, 0.05) is 31.9 Å². The first-order valence-corrected chi connectivity index (χ1v) is 9.35. The van der Waals surface area contributed by atoms with Gasteiger partial charge in [0.25, 0.3) is 0 Å². The minimum atomic E-state index is -0.113. The molecule has 0 spiro atoms. The highest BCUT2D eigenvalue weighted by Gasteiger charge is 2.24. The number of aromatic nitrogens is 3.